The summed E-state index contributed by atoms with van der Waals surface area (Å²) >= 11 is 0. The van der Waals surface area contributed by atoms with Gasteiger partial charge in [-0.25, -0.2) is 8.42 Å². The van der Waals surface area contributed by atoms with E-state index in [1.54, 1.807) is 24.3 Å². The number of carbonyl (C=O) groups excluding carboxylic acids is 1. The summed E-state index contributed by atoms with van der Waals surface area (Å²) in [4.78, 5) is 12.7. The van der Waals surface area contributed by atoms with E-state index in [2.05, 4.69) is 5.32 Å². The van der Waals surface area contributed by atoms with Crippen molar-refractivity contribution in [2.45, 2.75) is 20.0 Å². The second-order valence-corrected chi connectivity index (χ2v) is 8.08. The van der Waals surface area contributed by atoms with Crippen LogP contribution in [0.2, 0.25) is 0 Å². The predicted molar refractivity (Wildman–Crippen MR) is 97.6 cm³/mol. The third-order valence-electron chi connectivity index (χ3n) is 4.08. The van der Waals surface area contributed by atoms with Crippen LogP contribution >= 0.6 is 0 Å². The van der Waals surface area contributed by atoms with Crippen molar-refractivity contribution in [1.29, 1.82) is 0 Å². The summed E-state index contributed by atoms with van der Waals surface area (Å²) in [6.07, 6.45) is 0.193. The summed E-state index contributed by atoms with van der Waals surface area (Å²) < 4.78 is 31.2. The first-order chi connectivity index (χ1) is 11.8. The van der Waals surface area contributed by atoms with Crippen molar-refractivity contribution < 1.29 is 17.9 Å². The molecule has 1 amide bonds. The lowest BCUT2D eigenvalue weighted by atomic mass is 10.1. The Bertz CT molecular complexity index is 924. The molecule has 0 spiro atoms. The van der Waals surface area contributed by atoms with Crippen LogP contribution in [0.15, 0.2) is 42.5 Å². The molecule has 7 heteroatoms. The third kappa shape index (κ3) is 3.61. The first-order valence-corrected chi connectivity index (χ1v) is 9.72. The zero-order valence-electron chi connectivity index (χ0n) is 14.3. The van der Waals surface area contributed by atoms with Gasteiger partial charge in [-0.15, -0.1) is 0 Å². The number of aryl methyl sites for hydroxylation is 2. The molecule has 0 saturated carbocycles. The van der Waals surface area contributed by atoms with Gasteiger partial charge in [0.05, 0.1) is 18.5 Å². The maximum Gasteiger partial charge on any atom is 0.267 e. The van der Waals surface area contributed by atoms with Crippen molar-refractivity contribution in [3.8, 4) is 5.75 Å². The van der Waals surface area contributed by atoms with E-state index in [9.17, 15) is 13.2 Å². The van der Waals surface area contributed by atoms with Crippen molar-refractivity contribution in [3.63, 3.8) is 0 Å². The summed E-state index contributed by atoms with van der Waals surface area (Å²) in [5.41, 5.74) is 3.09. The fourth-order valence-electron chi connectivity index (χ4n) is 2.74. The zero-order chi connectivity index (χ0) is 18.2. The molecule has 1 aliphatic heterocycles. The normalized spacial score (nSPS) is 16.8. The van der Waals surface area contributed by atoms with Crippen molar-refractivity contribution in [1.82, 2.24) is 0 Å². The van der Waals surface area contributed by atoms with E-state index < -0.39 is 16.1 Å². The maximum absolute atomic E-state index is 12.7. The molecule has 0 bridgehead atoms. The fourth-order valence-corrected chi connectivity index (χ4v) is 3.65. The van der Waals surface area contributed by atoms with Crippen LogP contribution < -0.4 is 14.4 Å². The number of carbonyl (C=O) groups is 1. The first-order valence-electron chi connectivity index (χ1n) is 7.87. The molecule has 2 aromatic carbocycles. The topological polar surface area (TPSA) is 75.7 Å². The SMILES string of the molecule is Cc1ccc(C)c(NC(=O)[C@@H]2CN(S(C)(=O)=O)c3ccccc3O2)c1. The lowest BCUT2D eigenvalue weighted by Crippen LogP contribution is -2.48. The van der Waals surface area contributed by atoms with E-state index in [4.69, 9.17) is 4.74 Å². The Hall–Kier alpha value is -2.54. The molecule has 25 heavy (non-hydrogen) atoms. The Kier molecular flexibility index (Phi) is 4.43. The number of anilines is 2. The summed E-state index contributed by atoms with van der Waals surface area (Å²) in [6.45, 7) is 3.77. The molecule has 0 radical (unpaired) electrons. The van der Waals surface area contributed by atoms with E-state index in [0.717, 1.165) is 17.4 Å². The van der Waals surface area contributed by atoms with Gasteiger partial charge in [-0.05, 0) is 43.2 Å². The van der Waals surface area contributed by atoms with Gasteiger partial charge in [-0.3, -0.25) is 9.10 Å². The van der Waals surface area contributed by atoms with Crippen LogP contribution in [0.25, 0.3) is 0 Å². The van der Waals surface area contributed by atoms with E-state index in [-0.39, 0.29) is 12.5 Å². The number of para-hydroxylation sites is 2. The van der Waals surface area contributed by atoms with Crippen LogP contribution in [0.4, 0.5) is 11.4 Å². The highest BCUT2D eigenvalue weighted by atomic mass is 32.2. The van der Waals surface area contributed by atoms with E-state index >= 15 is 0 Å². The van der Waals surface area contributed by atoms with Crippen molar-refractivity contribution in [2.24, 2.45) is 0 Å². The van der Waals surface area contributed by atoms with E-state index in [1.165, 1.54) is 4.31 Å². The lowest BCUT2D eigenvalue weighted by Gasteiger charge is -2.33. The Labute approximate surface area is 147 Å². The Balaban J connectivity index is 1.88. The van der Waals surface area contributed by atoms with Gasteiger partial charge in [0.2, 0.25) is 10.0 Å². The number of nitrogens with zero attached hydrogens (tertiary/aromatic N) is 1. The third-order valence-corrected chi connectivity index (χ3v) is 5.22. The van der Waals surface area contributed by atoms with Crippen LogP contribution in [0.5, 0.6) is 5.75 Å². The molecule has 0 unspecified atom stereocenters. The molecule has 1 N–H and O–H groups in total. The number of rotatable bonds is 3. The molecule has 132 valence electrons. The average molecular weight is 360 g/mol. The van der Waals surface area contributed by atoms with Crippen LogP contribution in [0, 0.1) is 13.8 Å². The Morgan fingerprint density at radius 1 is 1.20 bits per heavy atom. The van der Waals surface area contributed by atoms with Gasteiger partial charge >= 0.3 is 0 Å². The highest BCUT2D eigenvalue weighted by molar-refractivity contribution is 7.92. The smallest absolute Gasteiger partial charge is 0.267 e. The predicted octanol–water partition coefficient (Wildman–Crippen LogP) is 2.47. The Morgan fingerprint density at radius 2 is 1.92 bits per heavy atom. The molecule has 6 nitrogen and oxygen atoms in total. The maximum atomic E-state index is 12.7. The minimum absolute atomic E-state index is 0.0630. The molecule has 0 saturated heterocycles. The van der Waals surface area contributed by atoms with Crippen LogP contribution in [0.3, 0.4) is 0 Å². The van der Waals surface area contributed by atoms with Gasteiger partial charge in [0.1, 0.15) is 5.75 Å². The summed E-state index contributed by atoms with van der Waals surface area (Å²) in [6, 6.07) is 12.5. The molecule has 1 atom stereocenters. The molecular weight excluding hydrogens is 340 g/mol. The fraction of sp³-hybridized carbons (Fsp3) is 0.278. The minimum atomic E-state index is -3.52. The number of fused-ring (bicyclic) bond motifs is 1. The van der Waals surface area contributed by atoms with Gasteiger partial charge in [0.25, 0.3) is 5.91 Å². The zero-order valence-corrected chi connectivity index (χ0v) is 15.1. The molecule has 0 fully saturated rings. The monoisotopic (exact) mass is 360 g/mol. The minimum Gasteiger partial charge on any atom is -0.476 e. The number of ether oxygens (including phenoxy) is 1. The molecule has 0 aliphatic carbocycles. The van der Waals surface area contributed by atoms with Crippen molar-refractivity contribution in [2.75, 3.05) is 22.4 Å². The quantitative estimate of drug-likeness (QED) is 0.912. The first kappa shape index (κ1) is 17.3. The molecule has 2 aromatic rings. The molecule has 1 aliphatic rings. The van der Waals surface area contributed by atoms with Gasteiger partial charge in [0.15, 0.2) is 6.10 Å². The number of amides is 1. The van der Waals surface area contributed by atoms with Crippen LogP contribution in [-0.2, 0) is 14.8 Å². The highest BCUT2D eigenvalue weighted by Gasteiger charge is 2.34. The average Bonchev–Trinajstić information content (AvgIpc) is 2.56. The van der Waals surface area contributed by atoms with Gasteiger partial charge in [0, 0.05) is 5.69 Å². The Morgan fingerprint density at radius 3 is 2.64 bits per heavy atom. The number of sulfonamides is 1. The summed E-state index contributed by atoms with van der Waals surface area (Å²) in [7, 11) is -3.52. The number of nitrogens with one attached hydrogen (secondary N) is 1. The molecule has 3 rings (SSSR count). The second kappa shape index (κ2) is 6.40. The van der Waals surface area contributed by atoms with E-state index in [0.29, 0.717) is 17.1 Å². The standard InChI is InChI=1S/C18H20N2O4S/c1-12-8-9-13(2)14(10-12)19-18(21)17-11-20(25(3,22)23)15-6-4-5-7-16(15)24-17/h4-10,17H,11H2,1-3H3,(H,19,21)/t17-/m0/s1. The lowest BCUT2D eigenvalue weighted by molar-refractivity contribution is -0.122. The molecular formula is C18H20N2O4S. The molecule has 1 heterocycles. The van der Waals surface area contributed by atoms with Crippen LogP contribution in [0.1, 0.15) is 11.1 Å². The number of hydrogen-bond acceptors (Lipinski definition) is 4. The largest absolute Gasteiger partial charge is 0.476 e. The van der Waals surface area contributed by atoms with Crippen molar-refractivity contribution in [3.05, 3.63) is 53.6 Å². The number of benzene rings is 2. The molecule has 0 aromatic heterocycles. The summed E-state index contributed by atoms with van der Waals surface area (Å²) in [5, 5.41) is 2.84. The van der Waals surface area contributed by atoms with Gasteiger partial charge in [-0.2, -0.15) is 0 Å². The summed E-state index contributed by atoms with van der Waals surface area (Å²) in [5.74, 6) is -0.00265. The highest BCUT2D eigenvalue weighted by Crippen LogP contribution is 2.34. The second-order valence-electron chi connectivity index (χ2n) is 6.18. The van der Waals surface area contributed by atoms with Crippen LogP contribution in [-0.4, -0.2) is 33.2 Å². The van der Waals surface area contributed by atoms with E-state index in [1.807, 2.05) is 32.0 Å². The van der Waals surface area contributed by atoms with Gasteiger partial charge in [-0.1, -0.05) is 24.3 Å². The van der Waals surface area contributed by atoms with Crippen molar-refractivity contribution >= 4 is 27.3 Å². The number of hydrogen-bond donors (Lipinski definition) is 1. The van der Waals surface area contributed by atoms with Gasteiger partial charge < -0.3 is 10.1 Å².